The first-order valence-electron chi connectivity index (χ1n) is 11.1. The molecule has 1 heterocycles. The van der Waals surface area contributed by atoms with Crippen LogP contribution in [0, 0.1) is 6.92 Å². The lowest BCUT2D eigenvalue weighted by Gasteiger charge is -2.25. The molecule has 5 nitrogen and oxygen atoms in total. The van der Waals surface area contributed by atoms with E-state index in [2.05, 4.69) is 6.92 Å². The molecule has 0 aromatic heterocycles. The van der Waals surface area contributed by atoms with Gasteiger partial charge >= 0.3 is 0 Å². The molecule has 31 heavy (non-hydrogen) atoms. The van der Waals surface area contributed by atoms with E-state index in [1.54, 1.807) is 29.2 Å². The summed E-state index contributed by atoms with van der Waals surface area (Å²) in [4.78, 5) is 27.5. The zero-order valence-electron chi connectivity index (χ0n) is 18.6. The number of carbonyl (C=O) groups is 2. The Labute approximate surface area is 184 Å². The number of benzene rings is 2. The number of aliphatic hydroxyl groups is 1. The average molecular weight is 422 g/mol. The van der Waals surface area contributed by atoms with Crippen LogP contribution >= 0.6 is 0 Å². The summed E-state index contributed by atoms with van der Waals surface area (Å²) in [7, 11) is 0. The van der Waals surface area contributed by atoms with Crippen LogP contribution in [0.3, 0.4) is 0 Å². The summed E-state index contributed by atoms with van der Waals surface area (Å²) in [5, 5.41) is 11.1. The van der Waals surface area contributed by atoms with Crippen LogP contribution in [0.2, 0.25) is 0 Å². The number of carbonyl (C=O) groups excluding carboxylic acids is 2. The number of likely N-dealkylation sites (tertiary alicyclic amines) is 1. The largest absolute Gasteiger partial charge is 0.507 e. The van der Waals surface area contributed by atoms with Crippen LogP contribution < -0.4 is 4.74 Å². The lowest BCUT2D eigenvalue weighted by Crippen LogP contribution is -2.30. The van der Waals surface area contributed by atoms with E-state index in [0.717, 1.165) is 36.8 Å². The predicted molar refractivity (Wildman–Crippen MR) is 122 cm³/mol. The molecule has 0 spiro atoms. The molecular weight excluding hydrogens is 390 g/mol. The monoisotopic (exact) mass is 421 g/mol. The zero-order chi connectivity index (χ0) is 22.4. The van der Waals surface area contributed by atoms with Crippen LogP contribution in [0.4, 0.5) is 0 Å². The highest BCUT2D eigenvalue weighted by atomic mass is 16.5. The first-order chi connectivity index (χ1) is 15.0. The van der Waals surface area contributed by atoms with Gasteiger partial charge in [-0.15, -0.1) is 0 Å². The van der Waals surface area contributed by atoms with Crippen molar-refractivity contribution in [1.29, 1.82) is 0 Å². The number of aliphatic hydroxyl groups excluding tert-OH is 1. The number of ether oxygens (including phenoxy) is 1. The van der Waals surface area contributed by atoms with E-state index in [-0.39, 0.29) is 11.3 Å². The zero-order valence-corrected chi connectivity index (χ0v) is 18.6. The maximum atomic E-state index is 13.0. The number of unbranched alkanes of at least 4 members (excludes halogenated alkanes) is 2. The van der Waals surface area contributed by atoms with Crippen molar-refractivity contribution in [3.05, 3.63) is 70.8 Å². The summed E-state index contributed by atoms with van der Waals surface area (Å²) in [5.41, 5.74) is 2.51. The third-order valence-corrected chi connectivity index (χ3v) is 5.50. The molecule has 1 unspecified atom stereocenters. The van der Waals surface area contributed by atoms with Crippen molar-refractivity contribution in [2.24, 2.45) is 0 Å². The summed E-state index contributed by atoms with van der Waals surface area (Å²) in [5.74, 6) is -0.627. The molecule has 1 aliphatic heterocycles. The smallest absolute Gasteiger partial charge is 0.295 e. The van der Waals surface area contributed by atoms with Gasteiger partial charge in [0.05, 0.1) is 18.2 Å². The van der Waals surface area contributed by atoms with Gasteiger partial charge < -0.3 is 14.7 Å². The minimum Gasteiger partial charge on any atom is -0.507 e. The standard InChI is InChI=1S/C26H31NO4/c1-4-6-7-15-27-23(20-10-8-9-18(3)17-20)22(25(29)26(27)30)24(28)19-11-13-21(14-12-19)31-16-5-2/h8-14,17,23,28H,4-7,15-16H2,1-3H3/b24-22-. The van der Waals surface area contributed by atoms with E-state index < -0.39 is 17.7 Å². The molecule has 1 saturated heterocycles. The molecule has 164 valence electrons. The van der Waals surface area contributed by atoms with Crippen molar-refractivity contribution >= 4 is 17.4 Å². The van der Waals surface area contributed by atoms with Gasteiger partial charge in [0, 0.05) is 12.1 Å². The van der Waals surface area contributed by atoms with E-state index in [4.69, 9.17) is 4.74 Å². The van der Waals surface area contributed by atoms with Crippen molar-refractivity contribution < 1.29 is 19.4 Å². The Morgan fingerprint density at radius 3 is 2.42 bits per heavy atom. The van der Waals surface area contributed by atoms with Gasteiger partial charge in [0.25, 0.3) is 11.7 Å². The average Bonchev–Trinajstić information content (AvgIpc) is 3.03. The molecular formula is C26H31NO4. The van der Waals surface area contributed by atoms with Gasteiger partial charge in [0.1, 0.15) is 11.5 Å². The van der Waals surface area contributed by atoms with Crippen molar-refractivity contribution in [2.75, 3.05) is 13.2 Å². The fourth-order valence-electron chi connectivity index (χ4n) is 3.91. The number of nitrogens with zero attached hydrogens (tertiary/aromatic N) is 1. The second kappa shape index (κ2) is 10.3. The number of amides is 1. The summed E-state index contributed by atoms with van der Waals surface area (Å²) in [6.45, 7) is 7.20. The first kappa shape index (κ1) is 22.6. The molecule has 0 bridgehead atoms. The third-order valence-electron chi connectivity index (χ3n) is 5.50. The van der Waals surface area contributed by atoms with Crippen LogP contribution in [-0.4, -0.2) is 34.8 Å². The van der Waals surface area contributed by atoms with Crippen molar-refractivity contribution in [3.8, 4) is 5.75 Å². The number of hydrogen-bond acceptors (Lipinski definition) is 4. The highest BCUT2D eigenvalue weighted by Gasteiger charge is 2.45. The van der Waals surface area contributed by atoms with Crippen LogP contribution in [0.15, 0.2) is 54.1 Å². The molecule has 0 radical (unpaired) electrons. The SMILES string of the molecule is CCCCCN1C(=O)C(=O)/C(=C(\O)c2ccc(OCCC)cc2)C1c1cccc(C)c1. The topological polar surface area (TPSA) is 66.8 Å². The molecule has 2 aromatic rings. The molecule has 2 aromatic carbocycles. The second-order valence-electron chi connectivity index (χ2n) is 7.99. The quantitative estimate of drug-likeness (QED) is 0.255. The Morgan fingerprint density at radius 1 is 1.03 bits per heavy atom. The third kappa shape index (κ3) is 4.98. The summed E-state index contributed by atoms with van der Waals surface area (Å²) in [6, 6.07) is 14.2. The molecule has 5 heteroatoms. The minimum absolute atomic E-state index is 0.148. The Morgan fingerprint density at radius 2 is 1.77 bits per heavy atom. The molecule has 1 aliphatic rings. The van der Waals surface area contributed by atoms with Gasteiger partial charge in [-0.25, -0.2) is 0 Å². The Kier molecular flexibility index (Phi) is 7.50. The molecule has 0 saturated carbocycles. The van der Waals surface area contributed by atoms with E-state index in [9.17, 15) is 14.7 Å². The number of aryl methyl sites for hydroxylation is 1. The Hall–Kier alpha value is -3.08. The Bertz CT molecular complexity index is 962. The lowest BCUT2D eigenvalue weighted by atomic mass is 9.94. The highest BCUT2D eigenvalue weighted by Crippen LogP contribution is 2.40. The Balaban J connectivity index is 2.04. The fraction of sp³-hybridized carbons (Fsp3) is 0.385. The first-order valence-corrected chi connectivity index (χ1v) is 11.1. The molecule has 3 rings (SSSR count). The normalized spacial score (nSPS) is 17.9. The molecule has 1 atom stereocenters. The number of hydrogen-bond donors (Lipinski definition) is 1. The summed E-state index contributed by atoms with van der Waals surface area (Å²) < 4.78 is 5.60. The number of rotatable bonds is 9. The number of ketones is 1. The molecule has 1 amide bonds. The highest BCUT2D eigenvalue weighted by molar-refractivity contribution is 6.46. The van der Waals surface area contributed by atoms with Crippen LogP contribution in [0.25, 0.3) is 5.76 Å². The van der Waals surface area contributed by atoms with Gasteiger partial charge in [-0.05, 0) is 49.6 Å². The summed E-state index contributed by atoms with van der Waals surface area (Å²) in [6.07, 6.45) is 3.71. The summed E-state index contributed by atoms with van der Waals surface area (Å²) >= 11 is 0. The van der Waals surface area contributed by atoms with Gasteiger partial charge in [-0.2, -0.15) is 0 Å². The van der Waals surface area contributed by atoms with Crippen LogP contribution in [0.1, 0.15) is 62.3 Å². The number of Topliss-reactive ketones (excluding diaryl/α,β-unsaturated/α-hetero) is 1. The lowest BCUT2D eigenvalue weighted by molar-refractivity contribution is -0.139. The van der Waals surface area contributed by atoms with Gasteiger partial charge in [0.15, 0.2) is 0 Å². The van der Waals surface area contributed by atoms with Gasteiger partial charge in [-0.3, -0.25) is 9.59 Å². The second-order valence-corrected chi connectivity index (χ2v) is 7.99. The fourth-order valence-corrected chi connectivity index (χ4v) is 3.91. The molecule has 1 N–H and O–H groups in total. The maximum Gasteiger partial charge on any atom is 0.295 e. The molecule has 0 aliphatic carbocycles. The van der Waals surface area contributed by atoms with Crippen molar-refractivity contribution in [2.45, 2.75) is 52.5 Å². The van der Waals surface area contributed by atoms with E-state index in [0.29, 0.717) is 24.5 Å². The molecule has 1 fully saturated rings. The van der Waals surface area contributed by atoms with Gasteiger partial charge in [0.2, 0.25) is 0 Å². The minimum atomic E-state index is -0.633. The van der Waals surface area contributed by atoms with E-state index in [1.165, 1.54) is 0 Å². The maximum absolute atomic E-state index is 13.0. The predicted octanol–water partition coefficient (Wildman–Crippen LogP) is 5.40. The van der Waals surface area contributed by atoms with E-state index >= 15 is 0 Å². The van der Waals surface area contributed by atoms with Crippen LogP contribution in [-0.2, 0) is 9.59 Å². The van der Waals surface area contributed by atoms with Gasteiger partial charge in [-0.1, -0.05) is 56.5 Å². The van der Waals surface area contributed by atoms with Crippen LogP contribution in [0.5, 0.6) is 5.75 Å². The van der Waals surface area contributed by atoms with Crippen molar-refractivity contribution in [1.82, 2.24) is 4.90 Å². The van der Waals surface area contributed by atoms with Crippen molar-refractivity contribution in [3.63, 3.8) is 0 Å². The van der Waals surface area contributed by atoms with E-state index in [1.807, 2.05) is 38.1 Å².